The Hall–Kier alpha value is -4.36. The molecule has 2 atom stereocenters. The fraction of sp³-hybridized carbons (Fsp3) is 0.156. The number of thiazole rings is 1. The van der Waals surface area contributed by atoms with Gasteiger partial charge in [0, 0.05) is 16.3 Å². The van der Waals surface area contributed by atoms with Gasteiger partial charge < -0.3 is 10.1 Å². The highest BCUT2D eigenvalue weighted by atomic mass is 32.2. The van der Waals surface area contributed by atoms with Crippen molar-refractivity contribution in [2.24, 2.45) is 5.92 Å². The summed E-state index contributed by atoms with van der Waals surface area (Å²) in [4.78, 5) is 31.2. The summed E-state index contributed by atoms with van der Waals surface area (Å²) >= 11 is 2.96. The van der Waals surface area contributed by atoms with Crippen molar-refractivity contribution >= 4 is 56.2 Å². The van der Waals surface area contributed by atoms with Crippen LogP contribution in [0.3, 0.4) is 0 Å². The molecule has 226 valence electrons. The molecule has 2 N–H and O–H groups in total. The smallest absolute Gasteiger partial charge is 0.364 e. The van der Waals surface area contributed by atoms with Crippen LogP contribution >= 0.6 is 22.7 Å². The molecule has 0 spiro atoms. The molecule has 0 saturated carbocycles. The Morgan fingerprint density at radius 3 is 2.14 bits per heavy atom. The van der Waals surface area contributed by atoms with Crippen LogP contribution in [0.5, 0.6) is 0 Å². The summed E-state index contributed by atoms with van der Waals surface area (Å²) in [6.07, 6.45) is 0.475. The van der Waals surface area contributed by atoms with E-state index in [1.807, 2.05) is 52.5 Å². The molecule has 0 saturated heterocycles. The predicted octanol–water partition coefficient (Wildman–Crippen LogP) is 6.24. The first-order valence-corrected chi connectivity index (χ1v) is 16.8. The molecule has 2 heterocycles. The number of carbonyl (C=O) groups is 2. The first-order valence-electron chi connectivity index (χ1n) is 13.5. The number of esters is 1. The van der Waals surface area contributed by atoms with Gasteiger partial charge in [-0.1, -0.05) is 60.7 Å². The van der Waals surface area contributed by atoms with E-state index in [0.29, 0.717) is 11.4 Å². The van der Waals surface area contributed by atoms with Gasteiger partial charge >= 0.3 is 16.3 Å². The van der Waals surface area contributed by atoms with Crippen molar-refractivity contribution in [3.8, 4) is 11.3 Å². The zero-order chi connectivity index (χ0) is 31.1. The summed E-state index contributed by atoms with van der Waals surface area (Å²) in [5.41, 5.74) is 3.86. The van der Waals surface area contributed by atoms with Gasteiger partial charge in [-0.3, -0.25) is 14.1 Å². The first kappa shape index (κ1) is 31.1. The Morgan fingerprint density at radius 2 is 1.52 bits per heavy atom. The quantitative estimate of drug-likeness (QED) is 0.0932. The average molecular weight is 648 g/mol. The van der Waals surface area contributed by atoms with Crippen LogP contribution in [0.4, 0.5) is 11.4 Å². The molecule has 5 aromatic rings. The van der Waals surface area contributed by atoms with E-state index >= 15 is 0 Å². The van der Waals surface area contributed by atoms with Crippen LogP contribution in [0.15, 0.2) is 107 Å². The standard InChI is InChI=1S/C32H29N3O6S3/c1-41-32(37)27(18-22-8-4-2-5-9-22)30(36)33-28(31-34-29(21-43-31)24-16-17-42-20-24)19-23-12-14-26(15-13-23)35(44(38,39)40)25-10-6-3-7-11-25/h2-17,20-21,27-28H,18-19H2,1H3,(H,33,36)(H,38,39,40)/t27-,28-/m0/s1. The van der Waals surface area contributed by atoms with Crippen molar-refractivity contribution in [2.45, 2.75) is 18.9 Å². The Balaban J connectivity index is 1.43. The van der Waals surface area contributed by atoms with E-state index < -0.39 is 34.1 Å². The summed E-state index contributed by atoms with van der Waals surface area (Å²) in [6, 6.07) is 25.5. The van der Waals surface area contributed by atoms with Crippen LogP contribution < -0.4 is 9.62 Å². The third-order valence-electron chi connectivity index (χ3n) is 6.87. The number of nitrogens with one attached hydrogen (secondary N) is 1. The van der Waals surface area contributed by atoms with E-state index in [9.17, 15) is 22.6 Å². The monoisotopic (exact) mass is 647 g/mol. The lowest BCUT2D eigenvalue weighted by Crippen LogP contribution is -2.40. The fourth-order valence-corrected chi connectivity index (χ4v) is 7.02. The highest BCUT2D eigenvalue weighted by molar-refractivity contribution is 7.87. The molecule has 0 aliphatic rings. The van der Waals surface area contributed by atoms with E-state index in [-0.39, 0.29) is 17.8 Å². The third-order valence-corrected chi connectivity index (χ3v) is 9.40. The Kier molecular flexibility index (Phi) is 9.85. The molecule has 3 aromatic carbocycles. The summed E-state index contributed by atoms with van der Waals surface area (Å²) in [5.74, 6) is -2.20. The maximum Gasteiger partial charge on any atom is 0.364 e. The number of ether oxygens (including phenoxy) is 1. The van der Waals surface area contributed by atoms with E-state index in [1.54, 1.807) is 65.9 Å². The molecule has 0 aliphatic carbocycles. The molecule has 0 aliphatic heterocycles. The normalized spacial score (nSPS) is 12.7. The number of methoxy groups -OCH3 is 1. The number of anilines is 2. The van der Waals surface area contributed by atoms with Gasteiger partial charge in [0.25, 0.3) is 0 Å². The van der Waals surface area contributed by atoms with E-state index in [2.05, 4.69) is 5.32 Å². The minimum absolute atomic E-state index is 0.170. The van der Waals surface area contributed by atoms with Gasteiger partial charge in [-0.05, 0) is 59.7 Å². The fourth-order valence-electron chi connectivity index (χ4n) is 4.72. The second-order valence-electron chi connectivity index (χ2n) is 9.86. The molecule has 0 radical (unpaired) electrons. The molecule has 1 amide bonds. The van der Waals surface area contributed by atoms with Crippen molar-refractivity contribution in [1.29, 1.82) is 0 Å². The van der Waals surface area contributed by atoms with Crippen LogP contribution in [0.1, 0.15) is 22.2 Å². The van der Waals surface area contributed by atoms with Gasteiger partial charge in [0.05, 0.1) is 30.2 Å². The number of hydrogen-bond donors (Lipinski definition) is 2. The Bertz CT molecular complexity index is 1790. The maximum atomic E-state index is 13.6. The zero-order valence-corrected chi connectivity index (χ0v) is 26.0. The lowest BCUT2D eigenvalue weighted by atomic mass is 9.97. The minimum Gasteiger partial charge on any atom is -0.468 e. The summed E-state index contributed by atoms with van der Waals surface area (Å²) in [5, 5.41) is 9.55. The van der Waals surface area contributed by atoms with Gasteiger partial charge in [-0.2, -0.15) is 19.8 Å². The molecule has 5 rings (SSSR count). The highest BCUT2D eigenvalue weighted by Crippen LogP contribution is 2.31. The van der Waals surface area contributed by atoms with Gasteiger partial charge in [0.1, 0.15) is 10.9 Å². The van der Waals surface area contributed by atoms with Gasteiger partial charge in [-0.25, -0.2) is 9.29 Å². The van der Waals surface area contributed by atoms with Gasteiger partial charge in [0.2, 0.25) is 5.91 Å². The summed E-state index contributed by atoms with van der Waals surface area (Å²) in [7, 11) is -3.35. The van der Waals surface area contributed by atoms with Crippen LogP contribution in [0.2, 0.25) is 0 Å². The van der Waals surface area contributed by atoms with Crippen LogP contribution in [0.25, 0.3) is 11.3 Å². The van der Waals surface area contributed by atoms with Crippen molar-refractivity contribution < 1.29 is 27.3 Å². The molecule has 44 heavy (non-hydrogen) atoms. The molecule has 0 fully saturated rings. The largest absolute Gasteiger partial charge is 0.468 e. The molecule has 9 nitrogen and oxygen atoms in total. The van der Waals surface area contributed by atoms with Crippen LogP contribution in [-0.2, 0) is 37.5 Å². The Labute approximate surface area is 263 Å². The molecule has 0 bridgehead atoms. The number of benzene rings is 3. The van der Waals surface area contributed by atoms with E-state index in [0.717, 1.165) is 26.7 Å². The number of nitrogens with zero attached hydrogens (tertiary/aromatic N) is 2. The van der Waals surface area contributed by atoms with Gasteiger partial charge in [0.15, 0.2) is 0 Å². The zero-order valence-electron chi connectivity index (χ0n) is 23.6. The summed E-state index contributed by atoms with van der Waals surface area (Å²) in [6.45, 7) is 0. The average Bonchev–Trinajstić information content (AvgIpc) is 3.74. The lowest BCUT2D eigenvalue weighted by Gasteiger charge is -2.22. The van der Waals surface area contributed by atoms with Crippen molar-refractivity contribution in [1.82, 2.24) is 10.3 Å². The molecule has 0 unspecified atom stereocenters. The first-order chi connectivity index (χ1) is 21.2. The van der Waals surface area contributed by atoms with E-state index in [1.165, 1.54) is 18.4 Å². The lowest BCUT2D eigenvalue weighted by molar-refractivity contribution is -0.150. The van der Waals surface area contributed by atoms with Crippen molar-refractivity contribution in [2.75, 3.05) is 11.4 Å². The third kappa shape index (κ3) is 7.58. The predicted molar refractivity (Wildman–Crippen MR) is 172 cm³/mol. The number of hydrogen-bond acceptors (Lipinski definition) is 8. The molecule has 12 heteroatoms. The highest BCUT2D eigenvalue weighted by Gasteiger charge is 2.31. The topological polar surface area (TPSA) is 126 Å². The SMILES string of the molecule is COC(=O)[C@@H](Cc1ccccc1)C(=O)N[C@@H](Cc1ccc(N(c2ccccc2)S(=O)(=O)O)cc1)c1nc(-c2ccsc2)cs1. The molecular formula is C32H29N3O6S3. The summed E-state index contributed by atoms with van der Waals surface area (Å²) < 4.78 is 40.3. The molecular weight excluding hydrogens is 619 g/mol. The van der Waals surface area contributed by atoms with E-state index in [4.69, 9.17) is 9.72 Å². The van der Waals surface area contributed by atoms with Crippen molar-refractivity contribution in [3.63, 3.8) is 0 Å². The Morgan fingerprint density at radius 1 is 0.886 bits per heavy atom. The number of rotatable bonds is 12. The minimum atomic E-state index is -4.61. The van der Waals surface area contributed by atoms with Crippen molar-refractivity contribution in [3.05, 3.63) is 123 Å². The second-order valence-corrected chi connectivity index (χ2v) is 12.8. The second kappa shape index (κ2) is 14.0. The maximum absolute atomic E-state index is 13.6. The van der Waals surface area contributed by atoms with Crippen LogP contribution in [-0.4, -0.2) is 36.9 Å². The number of amides is 1. The van der Waals surface area contributed by atoms with Gasteiger partial charge in [-0.15, -0.1) is 11.3 Å². The molecule has 2 aromatic heterocycles. The number of thiophene rings is 1. The van der Waals surface area contributed by atoms with Crippen LogP contribution in [0, 0.1) is 5.92 Å². The number of aromatic nitrogens is 1. The number of carbonyl (C=O) groups excluding carboxylic acids is 2. The number of para-hydroxylation sites is 1.